The van der Waals surface area contributed by atoms with E-state index in [-0.39, 0.29) is 5.28 Å². The normalized spacial score (nSPS) is 20.4. The van der Waals surface area contributed by atoms with Crippen LogP contribution in [0.1, 0.15) is 13.8 Å². The largest absolute Gasteiger partial charge is 0.464 e. The summed E-state index contributed by atoms with van der Waals surface area (Å²) in [5.41, 5.74) is 0. The summed E-state index contributed by atoms with van der Waals surface area (Å²) in [6.07, 6.45) is 0. The Morgan fingerprint density at radius 1 is 1.47 bits per heavy atom. The Hall–Kier alpha value is -0.750. The maximum absolute atomic E-state index is 5.87. The van der Waals surface area contributed by atoms with E-state index in [4.69, 9.17) is 16.3 Å². The van der Waals surface area contributed by atoms with Gasteiger partial charge in [-0.2, -0.15) is 26.7 Å². The van der Waals surface area contributed by atoms with Crippen molar-refractivity contribution in [3.63, 3.8) is 0 Å². The second kappa shape index (κ2) is 5.73. The van der Waals surface area contributed by atoms with Crippen molar-refractivity contribution in [1.82, 2.24) is 15.0 Å². The number of hydrogen-bond acceptors (Lipinski definition) is 6. The van der Waals surface area contributed by atoms with Crippen molar-refractivity contribution in [1.29, 1.82) is 0 Å². The number of aromatic nitrogens is 3. The highest BCUT2D eigenvalue weighted by Crippen LogP contribution is 2.22. The molecule has 0 N–H and O–H groups in total. The zero-order chi connectivity index (χ0) is 12.3. The predicted octanol–water partition coefficient (Wildman–Crippen LogP) is 1.87. The molecular formula is C10H15ClN4OS. The minimum absolute atomic E-state index is 0.185. The molecule has 1 saturated heterocycles. The van der Waals surface area contributed by atoms with Crippen LogP contribution in [0.3, 0.4) is 0 Å². The zero-order valence-corrected chi connectivity index (χ0v) is 11.5. The Bertz CT molecular complexity index is 393. The number of thioether (sulfide) groups is 1. The molecule has 1 aliphatic rings. The minimum atomic E-state index is 0.185. The summed E-state index contributed by atoms with van der Waals surface area (Å²) in [5.74, 6) is 1.69. The SMILES string of the molecule is CCOc1nc(Cl)nc(N2CCSC(C)C2)n1. The van der Waals surface area contributed by atoms with E-state index in [2.05, 4.69) is 26.8 Å². The predicted molar refractivity (Wildman–Crippen MR) is 70.1 cm³/mol. The van der Waals surface area contributed by atoms with Crippen molar-refractivity contribution in [3.8, 4) is 6.01 Å². The Balaban J connectivity index is 2.18. The summed E-state index contributed by atoms with van der Waals surface area (Å²) in [7, 11) is 0. The lowest BCUT2D eigenvalue weighted by atomic mass is 10.4. The standard InChI is InChI=1S/C10H15ClN4OS/c1-3-16-10-13-8(11)12-9(14-10)15-4-5-17-7(2)6-15/h7H,3-6H2,1-2H3. The first-order valence-corrected chi connectivity index (χ1v) is 7.02. The first-order chi connectivity index (χ1) is 8.19. The minimum Gasteiger partial charge on any atom is -0.464 e. The smallest absolute Gasteiger partial charge is 0.322 e. The van der Waals surface area contributed by atoms with Crippen LogP contribution in [0.4, 0.5) is 5.95 Å². The van der Waals surface area contributed by atoms with E-state index in [0.29, 0.717) is 23.8 Å². The van der Waals surface area contributed by atoms with E-state index in [1.54, 1.807) is 0 Å². The average molecular weight is 275 g/mol. The van der Waals surface area contributed by atoms with Gasteiger partial charge in [-0.3, -0.25) is 0 Å². The van der Waals surface area contributed by atoms with Gasteiger partial charge in [-0.1, -0.05) is 6.92 Å². The van der Waals surface area contributed by atoms with Crippen molar-refractivity contribution < 1.29 is 4.74 Å². The maximum Gasteiger partial charge on any atom is 0.322 e. The van der Waals surface area contributed by atoms with Crippen LogP contribution >= 0.6 is 23.4 Å². The van der Waals surface area contributed by atoms with Crippen molar-refractivity contribution in [2.45, 2.75) is 19.1 Å². The Morgan fingerprint density at radius 3 is 3.00 bits per heavy atom. The third-order valence-electron chi connectivity index (χ3n) is 2.37. The van der Waals surface area contributed by atoms with Crippen LogP contribution in [0, 0.1) is 0 Å². The molecule has 0 saturated carbocycles. The molecule has 0 bridgehead atoms. The summed E-state index contributed by atoms with van der Waals surface area (Å²) in [5, 5.41) is 0.763. The van der Waals surface area contributed by atoms with Gasteiger partial charge in [-0.05, 0) is 18.5 Å². The number of nitrogens with zero attached hydrogens (tertiary/aromatic N) is 4. The summed E-state index contributed by atoms with van der Waals surface area (Å²) in [4.78, 5) is 14.5. The average Bonchev–Trinajstić information content (AvgIpc) is 2.28. The number of rotatable bonds is 3. The highest BCUT2D eigenvalue weighted by molar-refractivity contribution is 8.00. The molecule has 0 spiro atoms. The molecule has 1 aromatic rings. The molecule has 0 aromatic carbocycles. The highest BCUT2D eigenvalue weighted by Gasteiger charge is 2.20. The molecular weight excluding hydrogens is 260 g/mol. The molecule has 2 rings (SSSR count). The van der Waals surface area contributed by atoms with Gasteiger partial charge in [0.15, 0.2) is 0 Å². The second-order valence-corrected chi connectivity index (χ2v) is 5.63. The topological polar surface area (TPSA) is 51.1 Å². The third-order valence-corrected chi connectivity index (χ3v) is 3.68. The summed E-state index contributed by atoms with van der Waals surface area (Å²) in [6, 6.07) is 0.299. The van der Waals surface area contributed by atoms with Gasteiger partial charge in [0.05, 0.1) is 6.61 Å². The molecule has 94 valence electrons. The molecule has 17 heavy (non-hydrogen) atoms. The van der Waals surface area contributed by atoms with Gasteiger partial charge in [0.1, 0.15) is 0 Å². The molecule has 1 fully saturated rings. The van der Waals surface area contributed by atoms with Crippen LogP contribution in [0.15, 0.2) is 0 Å². The second-order valence-electron chi connectivity index (χ2n) is 3.75. The number of halogens is 1. The lowest BCUT2D eigenvalue weighted by Crippen LogP contribution is -2.37. The van der Waals surface area contributed by atoms with E-state index in [1.807, 2.05) is 18.7 Å². The fourth-order valence-electron chi connectivity index (χ4n) is 1.66. The Kier molecular flexibility index (Phi) is 4.28. The molecule has 1 atom stereocenters. The van der Waals surface area contributed by atoms with E-state index in [1.165, 1.54) is 0 Å². The van der Waals surface area contributed by atoms with E-state index in [0.717, 1.165) is 18.8 Å². The maximum atomic E-state index is 5.87. The summed E-state index contributed by atoms with van der Waals surface area (Å²) >= 11 is 7.83. The van der Waals surface area contributed by atoms with E-state index >= 15 is 0 Å². The van der Waals surface area contributed by atoms with Crippen LogP contribution in [-0.2, 0) is 0 Å². The molecule has 1 unspecified atom stereocenters. The van der Waals surface area contributed by atoms with Crippen molar-refractivity contribution in [2.75, 3.05) is 30.3 Å². The van der Waals surface area contributed by atoms with Crippen LogP contribution in [-0.4, -0.2) is 45.7 Å². The van der Waals surface area contributed by atoms with Gasteiger partial charge in [-0.15, -0.1) is 0 Å². The summed E-state index contributed by atoms with van der Waals surface area (Å²) in [6.45, 7) is 6.46. The molecule has 5 nitrogen and oxygen atoms in total. The Morgan fingerprint density at radius 2 is 2.29 bits per heavy atom. The monoisotopic (exact) mass is 274 g/mol. The highest BCUT2D eigenvalue weighted by atomic mass is 35.5. The molecule has 2 heterocycles. The third kappa shape index (κ3) is 3.35. The zero-order valence-electron chi connectivity index (χ0n) is 9.89. The first kappa shape index (κ1) is 12.7. The summed E-state index contributed by atoms with van der Waals surface area (Å²) < 4.78 is 5.27. The Labute approximate surface area is 110 Å². The van der Waals surface area contributed by atoms with Gasteiger partial charge in [0, 0.05) is 24.1 Å². The van der Waals surface area contributed by atoms with Crippen LogP contribution in [0.25, 0.3) is 0 Å². The molecule has 1 aromatic heterocycles. The van der Waals surface area contributed by atoms with Crippen LogP contribution in [0.5, 0.6) is 6.01 Å². The van der Waals surface area contributed by atoms with Crippen molar-refractivity contribution in [2.24, 2.45) is 0 Å². The molecule has 7 heteroatoms. The van der Waals surface area contributed by atoms with Crippen LogP contribution < -0.4 is 9.64 Å². The number of anilines is 1. The van der Waals surface area contributed by atoms with Crippen LogP contribution in [0.2, 0.25) is 5.28 Å². The lowest BCUT2D eigenvalue weighted by molar-refractivity contribution is 0.311. The molecule has 1 aliphatic heterocycles. The lowest BCUT2D eigenvalue weighted by Gasteiger charge is -2.30. The fraction of sp³-hybridized carbons (Fsp3) is 0.700. The quantitative estimate of drug-likeness (QED) is 0.839. The van der Waals surface area contributed by atoms with Gasteiger partial charge >= 0.3 is 6.01 Å². The molecule has 0 radical (unpaired) electrons. The van der Waals surface area contributed by atoms with E-state index in [9.17, 15) is 0 Å². The van der Waals surface area contributed by atoms with Gasteiger partial charge in [0.25, 0.3) is 0 Å². The van der Waals surface area contributed by atoms with E-state index < -0.39 is 0 Å². The molecule has 0 amide bonds. The van der Waals surface area contributed by atoms with Gasteiger partial charge < -0.3 is 9.64 Å². The molecule has 0 aliphatic carbocycles. The van der Waals surface area contributed by atoms with Crippen molar-refractivity contribution >= 4 is 29.3 Å². The van der Waals surface area contributed by atoms with Gasteiger partial charge in [-0.25, -0.2) is 0 Å². The first-order valence-electron chi connectivity index (χ1n) is 5.60. The van der Waals surface area contributed by atoms with Gasteiger partial charge in [0.2, 0.25) is 11.2 Å². The number of ether oxygens (including phenoxy) is 1. The number of hydrogen-bond donors (Lipinski definition) is 0. The fourth-order valence-corrected chi connectivity index (χ4v) is 2.82. The van der Waals surface area contributed by atoms with Crippen molar-refractivity contribution in [3.05, 3.63) is 5.28 Å².